The number of para-hydroxylation sites is 1. The molecule has 1 aromatic carbocycles. The number of fused-ring (bicyclic) bond motifs is 1. The van der Waals surface area contributed by atoms with Crippen LogP contribution < -0.4 is 5.43 Å². The fourth-order valence-corrected chi connectivity index (χ4v) is 1.94. The third-order valence-electron chi connectivity index (χ3n) is 1.74. The van der Waals surface area contributed by atoms with Crippen LogP contribution >= 0.6 is 11.3 Å². The van der Waals surface area contributed by atoms with Gasteiger partial charge in [0.15, 0.2) is 0 Å². The van der Waals surface area contributed by atoms with Gasteiger partial charge in [-0.05, 0) is 12.1 Å². The molecule has 0 radical (unpaired) electrons. The van der Waals surface area contributed by atoms with Crippen molar-refractivity contribution < 1.29 is 0 Å². The Kier molecular flexibility index (Phi) is 2.82. The lowest BCUT2D eigenvalue weighted by Crippen LogP contribution is -2.08. The molecule has 15 heavy (non-hydrogen) atoms. The molecule has 0 bridgehead atoms. The maximum Gasteiger partial charge on any atom is 0.204 e. The van der Waals surface area contributed by atoms with Crippen LogP contribution in [0.15, 0.2) is 29.4 Å². The van der Waals surface area contributed by atoms with Crippen LogP contribution in [0.1, 0.15) is 0 Å². The van der Waals surface area contributed by atoms with E-state index in [0.717, 1.165) is 10.6 Å². The van der Waals surface area contributed by atoms with E-state index in [1.165, 1.54) is 4.70 Å². The number of nitrogens with zero attached hydrogens (tertiary/aromatic N) is 3. The van der Waals surface area contributed by atoms with Gasteiger partial charge in [-0.2, -0.15) is 5.10 Å². The number of rotatable bonds is 3. The fourth-order valence-electron chi connectivity index (χ4n) is 1.12. The molecule has 0 amide bonds. The summed E-state index contributed by atoms with van der Waals surface area (Å²) >= 11 is 1.59. The molecule has 0 spiro atoms. The molecular weight excluding hydrogens is 208 g/mol. The van der Waals surface area contributed by atoms with Gasteiger partial charge in [0.05, 0.1) is 10.2 Å². The Labute approximate surface area is 92.2 Å². The molecule has 0 aliphatic heterocycles. The molecule has 5 heteroatoms. The van der Waals surface area contributed by atoms with Crippen molar-refractivity contribution >= 4 is 33.0 Å². The van der Waals surface area contributed by atoms with Crippen LogP contribution in [0.4, 0.5) is 5.13 Å². The standard InChI is InChI=1S/C10H12N4S/c1-14(2)7-11-13-10-12-8-5-3-4-6-9(8)15-10/h3-7H,1-2H3,(H,12,13). The summed E-state index contributed by atoms with van der Waals surface area (Å²) in [4.78, 5) is 6.25. The lowest BCUT2D eigenvalue weighted by molar-refractivity contribution is 0.641. The second-order valence-electron chi connectivity index (χ2n) is 3.31. The third-order valence-corrected chi connectivity index (χ3v) is 2.68. The minimum atomic E-state index is 0.814. The van der Waals surface area contributed by atoms with Crippen LogP contribution in [-0.2, 0) is 0 Å². The second-order valence-corrected chi connectivity index (χ2v) is 4.34. The molecule has 78 valence electrons. The molecule has 0 atom stereocenters. The van der Waals surface area contributed by atoms with Crippen molar-refractivity contribution in [3.05, 3.63) is 24.3 Å². The number of thiazole rings is 1. The average Bonchev–Trinajstić information content (AvgIpc) is 2.59. The largest absolute Gasteiger partial charge is 0.367 e. The van der Waals surface area contributed by atoms with Gasteiger partial charge in [-0.3, -0.25) is 5.43 Å². The summed E-state index contributed by atoms with van der Waals surface area (Å²) in [5.41, 5.74) is 3.91. The minimum absolute atomic E-state index is 0.814. The highest BCUT2D eigenvalue weighted by atomic mass is 32.1. The van der Waals surface area contributed by atoms with E-state index in [1.807, 2.05) is 43.3 Å². The number of aromatic nitrogens is 1. The van der Waals surface area contributed by atoms with Crippen molar-refractivity contribution in [3.63, 3.8) is 0 Å². The molecule has 1 heterocycles. The van der Waals surface area contributed by atoms with Crippen LogP contribution in [0.5, 0.6) is 0 Å². The van der Waals surface area contributed by atoms with E-state index in [4.69, 9.17) is 0 Å². The molecule has 2 rings (SSSR count). The van der Waals surface area contributed by atoms with Crippen molar-refractivity contribution in [3.8, 4) is 0 Å². The average molecular weight is 220 g/mol. The van der Waals surface area contributed by atoms with Crippen LogP contribution in [0.25, 0.3) is 10.2 Å². The topological polar surface area (TPSA) is 40.5 Å². The first-order chi connectivity index (χ1) is 7.25. The Hall–Kier alpha value is -1.62. The van der Waals surface area contributed by atoms with Crippen LogP contribution in [0.3, 0.4) is 0 Å². The van der Waals surface area contributed by atoms with Gasteiger partial charge in [0, 0.05) is 14.1 Å². The maximum atomic E-state index is 4.38. The normalized spacial score (nSPS) is 11.1. The van der Waals surface area contributed by atoms with Crippen molar-refractivity contribution in [1.29, 1.82) is 0 Å². The smallest absolute Gasteiger partial charge is 0.204 e. The Balaban J connectivity index is 2.15. The number of benzene rings is 1. The molecule has 0 fully saturated rings. The summed E-state index contributed by atoms with van der Waals surface area (Å²) in [6.45, 7) is 0. The minimum Gasteiger partial charge on any atom is -0.367 e. The molecule has 0 saturated heterocycles. The SMILES string of the molecule is CN(C)C=NNc1nc2ccccc2s1. The number of hydrazone groups is 1. The van der Waals surface area contributed by atoms with Gasteiger partial charge in [-0.15, -0.1) is 0 Å². The Morgan fingerprint density at radius 2 is 2.20 bits per heavy atom. The van der Waals surface area contributed by atoms with E-state index >= 15 is 0 Å². The van der Waals surface area contributed by atoms with E-state index in [9.17, 15) is 0 Å². The monoisotopic (exact) mass is 220 g/mol. The van der Waals surface area contributed by atoms with Crippen molar-refractivity contribution in [2.75, 3.05) is 19.5 Å². The van der Waals surface area contributed by atoms with Crippen LogP contribution in [0, 0.1) is 0 Å². The van der Waals surface area contributed by atoms with E-state index in [-0.39, 0.29) is 0 Å². The van der Waals surface area contributed by atoms with Crippen molar-refractivity contribution in [2.24, 2.45) is 5.10 Å². The molecule has 0 aliphatic rings. The molecule has 1 aromatic heterocycles. The molecule has 0 unspecified atom stereocenters. The zero-order chi connectivity index (χ0) is 10.7. The lowest BCUT2D eigenvalue weighted by Gasteiger charge is -2.01. The predicted octanol–water partition coefficient (Wildman–Crippen LogP) is 2.21. The van der Waals surface area contributed by atoms with E-state index in [1.54, 1.807) is 17.7 Å². The number of nitrogens with one attached hydrogen (secondary N) is 1. The summed E-state index contributed by atoms with van der Waals surface area (Å²) in [5.74, 6) is 0. The highest BCUT2D eigenvalue weighted by molar-refractivity contribution is 7.22. The fraction of sp³-hybridized carbons (Fsp3) is 0.200. The summed E-state index contributed by atoms with van der Waals surface area (Å²) in [7, 11) is 3.84. The maximum absolute atomic E-state index is 4.38. The lowest BCUT2D eigenvalue weighted by atomic mass is 10.3. The highest BCUT2D eigenvalue weighted by Crippen LogP contribution is 2.24. The van der Waals surface area contributed by atoms with Crippen molar-refractivity contribution in [2.45, 2.75) is 0 Å². The van der Waals surface area contributed by atoms with Gasteiger partial charge >= 0.3 is 0 Å². The molecular formula is C10H12N4S. The number of anilines is 1. The van der Waals surface area contributed by atoms with Crippen LogP contribution in [0.2, 0.25) is 0 Å². The molecule has 0 aliphatic carbocycles. The van der Waals surface area contributed by atoms with E-state index in [0.29, 0.717) is 0 Å². The van der Waals surface area contributed by atoms with E-state index < -0.39 is 0 Å². The highest BCUT2D eigenvalue weighted by Gasteiger charge is 2.00. The van der Waals surface area contributed by atoms with E-state index in [2.05, 4.69) is 15.5 Å². The van der Waals surface area contributed by atoms with Gasteiger partial charge in [0.2, 0.25) is 5.13 Å². The number of hydrogen-bond acceptors (Lipinski definition) is 4. The zero-order valence-corrected chi connectivity index (χ0v) is 9.45. The van der Waals surface area contributed by atoms with Crippen molar-refractivity contribution in [1.82, 2.24) is 9.88 Å². The Morgan fingerprint density at radius 1 is 1.40 bits per heavy atom. The second kappa shape index (κ2) is 4.27. The predicted molar refractivity (Wildman–Crippen MR) is 65.4 cm³/mol. The Morgan fingerprint density at radius 3 is 2.93 bits per heavy atom. The first-order valence-electron chi connectivity index (χ1n) is 4.57. The molecule has 4 nitrogen and oxygen atoms in total. The third kappa shape index (κ3) is 2.44. The quantitative estimate of drug-likeness (QED) is 0.490. The van der Waals surface area contributed by atoms with Gasteiger partial charge < -0.3 is 4.90 Å². The molecule has 1 N–H and O–H groups in total. The first-order valence-corrected chi connectivity index (χ1v) is 5.38. The van der Waals surface area contributed by atoms with Gasteiger partial charge in [-0.25, -0.2) is 4.98 Å². The summed E-state index contributed by atoms with van der Waals surface area (Å²) in [6, 6.07) is 8.03. The van der Waals surface area contributed by atoms with Crippen LogP contribution in [-0.4, -0.2) is 30.3 Å². The zero-order valence-electron chi connectivity index (χ0n) is 8.64. The number of hydrogen-bond donors (Lipinski definition) is 1. The van der Waals surface area contributed by atoms with Gasteiger partial charge in [0.25, 0.3) is 0 Å². The Bertz CT molecular complexity index is 442. The molecule has 2 aromatic rings. The summed E-state index contributed by atoms with van der Waals surface area (Å²) < 4.78 is 1.17. The summed E-state index contributed by atoms with van der Waals surface area (Å²) in [5, 5.41) is 4.85. The summed E-state index contributed by atoms with van der Waals surface area (Å²) in [6.07, 6.45) is 1.70. The van der Waals surface area contributed by atoms with Gasteiger partial charge in [-0.1, -0.05) is 23.5 Å². The molecule has 0 saturated carbocycles. The first kappa shape index (κ1) is 9.92. The van der Waals surface area contributed by atoms with Gasteiger partial charge in [0.1, 0.15) is 6.34 Å².